The molecule has 1 aliphatic rings. The fourth-order valence-corrected chi connectivity index (χ4v) is 4.46. The van der Waals surface area contributed by atoms with Crippen molar-refractivity contribution in [3.8, 4) is 0 Å². The average Bonchev–Trinajstić information content (AvgIpc) is 3.20. The van der Waals surface area contributed by atoms with Crippen LogP contribution in [0, 0.1) is 0 Å². The molecule has 6 nitrogen and oxygen atoms in total. The third kappa shape index (κ3) is 13.6. The lowest BCUT2D eigenvalue weighted by molar-refractivity contribution is -0.126. The van der Waals surface area contributed by atoms with Gasteiger partial charge in [0.25, 0.3) is 0 Å². The summed E-state index contributed by atoms with van der Waals surface area (Å²) >= 11 is 0. The van der Waals surface area contributed by atoms with Crippen molar-refractivity contribution in [2.24, 2.45) is 5.16 Å². The molecule has 0 spiro atoms. The molecule has 2 rings (SSSR count). The van der Waals surface area contributed by atoms with Gasteiger partial charge in [0.05, 0.1) is 0 Å². The molecular formula is C33H50N2O4. The van der Waals surface area contributed by atoms with Crippen LogP contribution >= 0.6 is 0 Å². The highest BCUT2D eigenvalue weighted by Gasteiger charge is 2.37. The van der Waals surface area contributed by atoms with E-state index in [9.17, 15) is 9.59 Å². The Labute approximate surface area is 236 Å². The molecule has 0 fully saturated rings. The number of carbonyl (C=O) groups excluding carboxylic acids is 2. The largest absolute Gasteiger partial charge is 0.477 e. The number of oxime groups is 1. The molecule has 6 heteroatoms. The van der Waals surface area contributed by atoms with E-state index >= 15 is 0 Å². The molecule has 39 heavy (non-hydrogen) atoms. The summed E-state index contributed by atoms with van der Waals surface area (Å²) in [4.78, 5) is 29.5. The summed E-state index contributed by atoms with van der Waals surface area (Å²) in [5.74, 6) is 0.148. The van der Waals surface area contributed by atoms with Crippen LogP contribution in [0.2, 0.25) is 0 Å². The van der Waals surface area contributed by atoms with Crippen molar-refractivity contribution in [1.82, 2.24) is 5.32 Å². The minimum atomic E-state index is -0.961. The van der Waals surface area contributed by atoms with Crippen LogP contribution in [0.5, 0.6) is 0 Å². The molecule has 1 amide bonds. The van der Waals surface area contributed by atoms with Gasteiger partial charge in [-0.1, -0.05) is 119 Å². The number of amides is 1. The summed E-state index contributed by atoms with van der Waals surface area (Å²) in [5.41, 5.74) is 0.0566. The van der Waals surface area contributed by atoms with E-state index in [1.165, 1.54) is 89.5 Å². The molecule has 0 radical (unpaired) electrons. The standard InChI is InChI=1S/C33H50N2O4/c1-4-5-6-7-8-9-10-11-12-13-14-15-16-17-18-19-23-26-34-32(37)39-35-31(28-24-21-20-22-25-28)29-27-30(36)33(2,3)38-29/h11-12,20-22,24-25,27H,4-10,13-19,23,26H2,1-3H3,(H,34,37)/b12-11+,35-31?. The summed E-state index contributed by atoms with van der Waals surface area (Å²) in [6.45, 7) is 6.21. The van der Waals surface area contributed by atoms with Gasteiger partial charge in [0.15, 0.2) is 17.1 Å². The molecule has 216 valence electrons. The van der Waals surface area contributed by atoms with Crippen molar-refractivity contribution in [2.45, 2.75) is 123 Å². The Bertz CT molecular complexity index is 934. The number of allylic oxidation sites excluding steroid dienone is 3. The number of rotatable bonds is 20. The zero-order valence-electron chi connectivity index (χ0n) is 24.5. The lowest BCUT2D eigenvalue weighted by Gasteiger charge is -2.18. The van der Waals surface area contributed by atoms with Crippen molar-refractivity contribution in [3.05, 3.63) is 59.9 Å². The van der Waals surface area contributed by atoms with Crippen molar-refractivity contribution < 1.29 is 19.2 Å². The number of ether oxygens (including phenoxy) is 1. The summed E-state index contributed by atoms with van der Waals surface area (Å²) in [7, 11) is 0. The first-order valence-electron chi connectivity index (χ1n) is 15.1. The van der Waals surface area contributed by atoms with Crippen molar-refractivity contribution in [3.63, 3.8) is 0 Å². The number of carbonyl (C=O) groups is 2. The predicted molar refractivity (Wildman–Crippen MR) is 160 cm³/mol. The quantitative estimate of drug-likeness (QED) is 0.0591. The van der Waals surface area contributed by atoms with E-state index in [1.807, 2.05) is 30.3 Å². The summed E-state index contributed by atoms with van der Waals surface area (Å²) in [6, 6.07) is 9.23. The molecule has 0 saturated heterocycles. The zero-order valence-corrected chi connectivity index (χ0v) is 24.5. The first-order valence-corrected chi connectivity index (χ1v) is 15.1. The highest BCUT2D eigenvalue weighted by Crippen LogP contribution is 2.27. The van der Waals surface area contributed by atoms with Gasteiger partial charge in [-0.3, -0.25) is 9.63 Å². The van der Waals surface area contributed by atoms with Crippen LogP contribution in [-0.4, -0.2) is 29.7 Å². The van der Waals surface area contributed by atoms with Gasteiger partial charge in [-0.15, -0.1) is 0 Å². The Hall–Kier alpha value is -2.89. The maximum absolute atomic E-state index is 12.2. The van der Waals surface area contributed by atoms with Crippen LogP contribution in [0.3, 0.4) is 0 Å². The minimum absolute atomic E-state index is 0.152. The van der Waals surface area contributed by atoms with E-state index in [0.29, 0.717) is 23.6 Å². The minimum Gasteiger partial charge on any atom is -0.477 e. The van der Waals surface area contributed by atoms with E-state index in [-0.39, 0.29) is 5.78 Å². The van der Waals surface area contributed by atoms with Crippen LogP contribution in [-0.2, 0) is 14.4 Å². The number of nitrogens with one attached hydrogen (secondary N) is 1. The van der Waals surface area contributed by atoms with Crippen molar-refractivity contribution >= 4 is 17.6 Å². The maximum atomic E-state index is 12.2. The molecule has 0 aliphatic carbocycles. The van der Waals surface area contributed by atoms with Crippen molar-refractivity contribution in [1.29, 1.82) is 0 Å². The Morgan fingerprint density at radius 3 is 2.00 bits per heavy atom. The normalized spacial score (nSPS) is 14.9. The van der Waals surface area contributed by atoms with Gasteiger partial charge in [0, 0.05) is 18.2 Å². The third-order valence-electron chi connectivity index (χ3n) is 6.93. The monoisotopic (exact) mass is 538 g/mol. The summed E-state index contributed by atoms with van der Waals surface area (Å²) < 4.78 is 5.78. The van der Waals surface area contributed by atoms with E-state index in [0.717, 1.165) is 12.8 Å². The van der Waals surface area contributed by atoms with Crippen LogP contribution in [0.4, 0.5) is 4.79 Å². The van der Waals surface area contributed by atoms with Crippen LogP contribution in [0.1, 0.15) is 123 Å². The smallest absolute Gasteiger partial charge is 0.433 e. The van der Waals surface area contributed by atoms with E-state index in [2.05, 4.69) is 29.5 Å². The topological polar surface area (TPSA) is 77.0 Å². The molecule has 1 aliphatic heterocycles. The lowest BCUT2D eigenvalue weighted by atomic mass is 10.1. The van der Waals surface area contributed by atoms with Gasteiger partial charge in [0.1, 0.15) is 0 Å². The van der Waals surface area contributed by atoms with Gasteiger partial charge in [-0.25, -0.2) is 4.79 Å². The second-order valence-electron chi connectivity index (χ2n) is 10.9. The van der Waals surface area contributed by atoms with E-state index in [4.69, 9.17) is 9.57 Å². The zero-order chi connectivity index (χ0) is 28.2. The number of nitrogens with zero attached hydrogens (tertiary/aromatic N) is 1. The Morgan fingerprint density at radius 2 is 1.44 bits per heavy atom. The van der Waals surface area contributed by atoms with Gasteiger partial charge in [0.2, 0.25) is 5.78 Å². The first-order chi connectivity index (χ1) is 18.9. The molecule has 0 bridgehead atoms. The summed E-state index contributed by atoms with van der Waals surface area (Å²) in [5, 5.41) is 6.78. The first kappa shape index (κ1) is 32.3. The van der Waals surface area contributed by atoms with Gasteiger partial charge in [-0.2, -0.15) is 0 Å². The van der Waals surface area contributed by atoms with Crippen LogP contribution in [0.25, 0.3) is 0 Å². The Kier molecular flexibility index (Phi) is 15.9. The molecule has 0 atom stereocenters. The van der Waals surface area contributed by atoms with E-state index < -0.39 is 11.7 Å². The highest BCUT2D eigenvalue weighted by molar-refractivity contribution is 6.16. The fraction of sp³-hybridized carbons (Fsp3) is 0.606. The maximum Gasteiger partial charge on any atom is 0.433 e. The Morgan fingerprint density at radius 1 is 0.872 bits per heavy atom. The van der Waals surface area contributed by atoms with Crippen LogP contribution < -0.4 is 5.32 Å². The number of hydrogen-bond acceptors (Lipinski definition) is 5. The second-order valence-corrected chi connectivity index (χ2v) is 10.9. The molecular weight excluding hydrogens is 488 g/mol. The third-order valence-corrected chi connectivity index (χ3v) is 6.93. The number of ketones is 1. The molecule has 1 aromatic carbocycles. The van der Waals surface area contributed by atoms with Gasteiger partial charge < -0.3 is 10.1 Å². The molecule has 0 unspecified atom stereocenters. The van der Waals surface area contributed by atoms with E-state index in [1.54, 1.807) is 13.8 Å². The predicted octanol–water partition coefficient (Wildman–Crippen LogP) is 8.81. The number of unbranched alkanes of at least 4 members (excludes halogenated alkanes) is 13. The fourth-order valence-electron chi connectivity index (χ4n) is 4.46. The highest BCUT2D eigenvalue weighted by atomic mass is 16.7. The van der Waals surface area contributed by atoms with Crippen LogP contribution in [0.15, 0.2) is 59.5 Å². The Balaban J connectivity index is 1.52. The second kappa shape index (κ2) is 19.2. The number of hydrogen-bond donors (Lipinski definition) is 1. The summed E-state index contributed by atoms with van der Waals surface area (Å²) in [6.07, 6.45) is 24.4. The van der Waals surface area contributed by atoms with Crippen molar-refractivity contribution in [2.75, 3.05) is 6.54 Å². The molecule has 0 saturated carbocycles. The molecule has 1 aromatic rings. The number of benzene rings is 1. The molecule has 0 aromatic heterocycles. The van der Waals surface area contributed by atoms with Gasteiger partial charge in [-0.05, 0) is 46.0 Å². The molecule has 1 N–H and O–H groups in total. The average molecular weight is 539 g/mol. The SMILES string of the molecule is CCCCCCCC/C=C/CCCCCCCCCNC(=O)ON=C(C1=CC(=O)C(C)(C)O1)c1ccccc1. The lowest BCUT2D eigenvalue weighted by Crippen LogP contribution is -2.28. The molecule has 1 heterocycles. The van der Waals surface area contributed by atoms with Gasteiger partial charge >= 0.3 is 6.09 Å².